The average molecular weight is 489 g/mol. The molecular weight excluding hydrogens is 460 g/mol. The van der Waals surface area contributed by atoms with E-state index in [1.54, 1.807) is 11.3 Å². The van der Waals surface area contributed by atoms with Crippen molar-refractivity contribution >= 4 is 29.0 Å². The molecule has 174 valence electrons. The predicted octanol–water partition coefficient (Wildman–Crippen LogP) is 5.46. The van der Waals surface area contributed by atoms with Crippen LogP contribution >= 0.6 is 23.1 Å². The molecule has 0 bridgehead atoms. The Bertz CT molecular complexity index is 1220. The number of rotatable bonds is 9. The van der Waals surface area contributed by atoms with Gasteiger partial charge in [-0.05, 0) is 53.8 Å². The minimum absolute atomic E-state index is 0.0455. The molecule has 1 aliphatic rings. The zero-order valence-electron chi connectivity index (χ0n) is 19.0. The van der Waals surface area contributed by atoms with E-state index < -0.39 is 0 Å². The van der Waals surface area contributed by atoms with Crippen molar-refractivity contribution in [2.24, 2.45) is 0 Å². The molecule has 5 rings (SSSR count). The molecule has 4 aromatic rings. The molecule has 1 amide bonds. The highest BCUT2D eigenvalue weighted by Crippen LogP contribution is 2.29. The number of carbonyl (C=O) groups excluding carboxylic acids is 1. The third-order valence-corrected chi connectivity index (χ3v) is 8.05. The van der Waals surface area contributed by atoms with Crippen LogP contribution in [0.1, 0.15) is 46.3 Å². The minimum atomic E-state index is 0.0455. The quantitative estimate of drug-likeness (QED) is 0.318. The molecule has 0 saturated heterocycles. The van der Waals surface area contributed by atoms with Gasteiger partial charge < -0.3 is 9.88 Å². The number of nitrogens with zero attached hydrogens (tertiary/aromatic N) is 3. The average Bonchev–Trinajstić information content (AvgIpc) is 3.52. The van der Waals surface area contributed by atoms with Gasteiger partial charge in [0.1, 0.15) is 5.82 Å². The Morgan fingerprint density at radius 3 is 2.76 bits per heavy atom. The van der Waals surface area contributed by atoms with Crippen molar-refractivity contribution in [2.75, 3.05) is 5.75 Å². The monoisotopic (exact) mass is 488 g/mol. The van der Waals surface area contributed by atoms with E-state index in [1.807, 2.05) is 6.07 Å². The SMILES string of the molecule is O=C(CSc1nnc(Cc2cccs2)n1CCc1ccccc1)NC1CCCc2ccccc21. The van der Waals surface area contributed by atoms with Gasteiger partial charge in [-0.15, -0.1) is 21.5 Å². The molecule has 34 heavy (non-hydrogen) atoms. The maximum absolute atomic E-state index is 12.9. The molecule has 1 aliphatic carbocycles. The highest BCUT2D eigenvalue weighted by atomic mass is 32.2. The summed E-state index contributed by atoms with van der Waals surface area (Å²) in [5.41, 5.74) is 3.89. The summed E-state index contributed by atoms with van der Waals surface area (Å²) >= 11 is 3.20. The van der Waals surface area contributed by atoms with Gasteiger partial charge in [0, 0.05) is 17.8 Å². The first-order valence-electron chi connectivity index (χ1n) is 11.7. The van der Waals surface area contributed by atoms with Crippen molar-refractivity contribution in [1.29, 1.82) is 0 Å². The highest BCUT2D eigenvalue weighted by molar-refractivity contribution is 7.99. The number of hydrogen-bond donors (Lipinski definition) is 1. The molecule has 0 radical (unpaired) electrons. The lowest BCUT2D eigenvalue weighted by atomic mass is 9.88. The van der Waals surface area contributed by atoms with Crippen molar-refractivity contribution < 1.29 is 4.79 Å². The van der Waals surface area contributed by atoms with Gasteiger partial charge >= 0.3 is 0 Å². The lowest BCUT2D eigenvalue weighted by molar-refractivity contribution is -0.119. The molecule has 7 heteroatoms. The molecule has 2 aromatic heterocycles. The Hall–Kier alpha value is -2.90. The molecule has 2 heterocycles. The number of thioether (sulfide) groups is 1. The van der Waals surface area contributed by atoms with Crippen molar-refractivity contribution in [2.45, 2.75) is 49.8 Å². The lowest BCUT2D eigenvalue weighted by Gasteiger charge is -2.26. The zero-order chi connectivity index (χ0) is 23.2. The fourth-order valence-electron chi connectivity index (χ4n) is 4.51. The number of hydrogen-bond acceptors (Lipinski definition) is 5. The number of aryl methyl sites for hydroxylation is 2. The Morgan fingerprint density at radius 1 is 1.06 bits per heavy atom. The largest absolute Gasteiger partial charge is 0.349 e. The predicted molar refractivity (Wildman–Crippen MR) is 138 cm³/mol. The molecule has 0 saturated carbocycles. The van der Waals surface area contributed by atoms with Gasteiger partial charge in [0.25, 0.3) is 0 Å². The Labute approximate surface area is 208 Å². The topological polar surface area (TPSA) is 59.8 Å². The second-order valence-corrected chi connectivity index (χ2v) is 10.5. The summed E-state index contributed by atoms with van der Waals surface area (Å²) in [4.78, 5) is 14.1. The number of nitrogens with one attached hydrogen (secondary N) is 1. The van der Waals surface area contributed by atoms with E-state index in [0.29, 0.717) is 5.75 Å². The smallest absolute Gasteiger partial charge is 0.230 e. The van der Waals surface area contributed by atoms with Crippen LogP contribution in [0, 0.1) is 0 Å². The van der Waals surface area contributed by atoms with Gasteiger partial charge in [-0.2, -0.15) is 0 Å². The molecule has 1 atom stereocenters. The van der Waals surface area contributed by atoms with Crippen LogP contribution in [0.3, 0.4) is 0 Å². The van der Waals surface area contributed by atoms with Crippen LogP contribution in [0.15, 0.2) is 77.3 Å². The summed E-state index contributed by atoms with van der Waals surface area (Å²) < 4.78 is 2.18. The van der Waals surface area contributed by atoms with Gasteiger partial charge in [0.2, 0.25) is 5.91 Å². The first-order valence-corrected chi connectivity index (χ1v) is 13.6. The van der Waals surface area contributed by atoms with Crippen LogP contribution in [0.4, 0.5) is 0 Å². The van der Waals surface area contributed by atoms with Gasteiger partial charge in [0.05, 0.1) is 11.8 Å². The van der Waals surface area contributed by atoms with E-state index in [-0.39, 0.29) is 11.9 Å². The number of fused-ring (bicyclic) bond motifs is 1. The van der Waals surface area contributed by atoms with Crippen LogP contribution in [-0.2, 0) is 30.6 Å². The van der Waals surface area contributed by atoms with Gasteiger partial charge in [-0.3, -0.25) is 4.79 Å². The normalized spacial score (nSPS) is 15.1. The number of thiophene rings is 1. The second kappa shape index (κ2) is 11.0. The molecule has 2 aromatic carbocycles. The first kappa shape index (κ1) is 22.9. The summed E-state index contributed by atoms with van der Waals surface area (Å²) in [5.74, 6) is 1.33. The van der Waals surface area contributed by atoms with Crippen LogP contribution in [0.5, 0.6) is 0 Å². The fourth-order valence-corrected chi connectivity index (χ4v) is 6.00. The summed E-state index contributed by atoms with van der Waals surface area (Å²) in [6.07, 6.45) is 4.84. The third-order valence-electron chi connectivity index (χ3n) is 6.21. The molecular formula is C27H28N4OS2. The lowest BCUT2D eigenvalue weighted by Crippen LogP contribution is -2.32. The van der Waals surface area contributed by atoms with Crippen molar-refractivity contribution in [1.82, 2.24) is 20.1 Å². The molecule has 0 aliphatic heterocycles. The highest BCUT2D eigenvalue weighted by Gasteiger charge is 2.22. The van der Waals surface area contributed by atoms with Gasteiger partial charge in [-0.25, -0.2) is 0 Å². The summed E-state index contributed by atoms with van der Waals surface area (Å²) in [5, 5.41) is 15.1. The maximum Gasteiger partial charge on any atom is 0.230 e. The summed E-state index contributed by atoms with van der Waals surface area (Å²) in [6.45, 7) is 0.789. The van der Waals surface area contributed by atoms with Crippen LogP contribution in [0.25, 0.3) is 0 Å². The van der Waals surface area contributed by atoms with E-state index in [1.165, 1.54) is 33.3 Å². The van der Waals surface area contributed by atoms with Crippen LogP contribution in [-0.4, -0.2) is 26.4 Å². The summed E-state index contributed by atoms with van der Waals surface area (Å²) in [6, 6.07) is 23.2. The van der Waals surface area contributed by atoms with Crippen LogP contribution in [0.2, 0.25) is 0 Å². The fraction of sp³-hybridized carbons (Fsp3) is 0.296. The van der Waals surface area contributed by atoms with E-state index in [9.17, 15) is 4.79 Å². The van der Waals surface area contributed by atoms with Crippen molar-refractivity contribution in [3.63, 3.8) is 0 Å². The van der Waals surface area contributed by atoms with E-state index in [4.69, 9.17) is 0 Å². The van der Waals surface area contributed by atoms with Crippen molar-refractivity contribution in [3.8, 4) is 0 Å². The Morgan fingerprint density at radius 2 is 1.91 bits per heavy atom. The van der Waals surface area contributed by atoms with E-state index in [0.717, 1.165) is 49.6 Å². The molecule has 1 unspecified atom stereocenters. The standard InChI is InChI=1S/C27H28N4OS2/c32-26(28-24-14-6-11-21-10-4-5-13-23(21)24)19-34-27-30-29-25(18-22-12-7-17-33-22)31(27)16-15-20-8-2-1-3-9-20/h1-5,7-10,12-13,17,24H,6,11,14-16,18-19H2,(H,28,32). The molecule has 0 spiro atoms. The van der Waals surface area contributed by atoms with E-state index in [2.05, 4.69) is 86.1 Å². The number of benzene rings is 2. The number of amides is 1. The van der Waals surface area contributed by atoms with Gasteiger partial charge in [-0.1, -0.05) is 72.4 Å². The first-order chi connectivity index (χ1) is 16.8. The molecule has 0 fully saturated rings. The van der Waals surface area contributed by atoms with Crippen molar-refractivity contribution in [3.05, 3.63) is 99.5 Å². The molecule has 1 N–H and O–H groups in total. The van der Waals surface area contributed by atoms with Gasteiger partial charge in [0.15, 0.2) is 5.16 Å². The molecule has 5 nitrogen and oxygen atoms in total. The Kier molecular flexibility index (Phi) is 7.41. The van der Waals surface area contributed by atoms with Crippen LogP contribution < -0.4 is 5.32 Å². The number of aromatic nitrogens is 3. The number of carbonyl (C=O) groups is 1. The zero-order valence-corrected chi connectivity index (χ0v) is 20.7. The summed E-state index contributed by atoms with van der Waals surface area (Å²) in [7, 11) is 0. The third kappa shape index (κ3) is 5.59. The Balaban J connectivity index is 1.26. The minimum Gasteiger partial charge on any atom is -0.349 e. The van der Waals surface area contributed by atoms with E-state index >= 15 is 0 Å². The maximum atomic E-state index is 12.9. The second-order valence-electron chi connectivity index (χ2n) is 8.54.